The molecule has 0 amide bonds. The van der Waals surface area contributed by atoms with Crippen LogP contribution in [-0.2, 0) is 0 Å². The van der Waals surface area contributed by atoms with Crippen LogP contribution in [0.4, 0.5) is 23.0 Å². The highest BCUT2D eigenvalue weighted by Crippen LogP contribution is 2.30. The van der Waals surface area contributed by atoms with Gasteiger partial charge in [-0.1, -0.05) is 79.9 Å². The van der Waals surface area contributed by atoms with Crippen LogP contribution in [0.5, 0.6) is 0 Å². The Hall–Kier alpha value is -4.21. The number of aromatic nitrogens is 4. The molecule has 2 saturated heterocycles. The summed E-state index contributed by atoms with van der Waals surface area (Å²) in [7, 11) is 0. The monoisotopic (exact) mass is 916 g/mol. The van der Waals surface area contributed by atoms with E-state index in [2.05, 4.69) is 108 Å². The standard InChI is InChI=1S/C20H19BrClN5S.C20H20BrN5S/c21-14-5-4-13-12-23-26-19(18(13)10-14)27-8-6-16(7-9-27)24-20(28)25-17-3-1-2-15(22)11-17;21-15-7-6-14-13-22-25-19(18(14)12-15)26-10-8-17(9-11-26)24-20(27)23-16-4-2-1-3-5-16/h1-5,10-12,16H,6-9H2,(H2,24,25,28);1-7,12-13,17H,8-11H2,(H2,23,24,27). The molecule has 4 heterocycles. The first kappa shape index (κ1) is 39.0. The predicted octanol–water partition coefficient (Wildman–Crippen LogP) is 9.35. The normalized spacial score (nSPS) is 14.9. The Morgan fingerprint density at radius 1 is 0.600 bits per heavy atom. The molecule has 0 unspecified atom stereocenters. The van der Waals surface area contributed by atoms with Gasteiger partial charge in [-0.3, -0.25) is 0 Å². The minimum absolute atomic E-state index is 0.324. The van der Waals surface area contributed by atoms with Crippen LogP contribution in [-0.4, -0.2) is 68.9 Å². The molecule has 8 rings (SSSR count). The summed E-state index contributed by atoms with van der Waals surface area (Å²) < 4.78 is 2.10. The molecular weight excluding hydrogens is 880 g/mol. The van der Waals surface area contributed by atoms with E-state index < -0.39 is 0 Å². The summed E-state index contributed by atoms with van der Waals surface area (Å²) in [6.07, 6.45) is 7.57. The zero-order valence-electron chi connectivity index (χ0n) is 29.8. The first-order chi connectivity index (χ1) is 26.8. The molecule has 2 aliphatic rings. The molecule has 0 radical (unpaired) electrons. The number of piperidine rings is 2. The molecule has 6 aromatic rings. The smallest absolute Gasteiger partial charge is 0.170 e. The molecule has 0 aliphatic carbocycles. The third kappa shape index (κ3) is 10.6. The number of halogens is 3. The molecule has 55 heavy (non-hydrogen) atoms. The molecule has 0 bridgehead atoms. The van der Waals surface area contributed by atoms with Gasteiger partial charge in [-0.25, -0.2) is 0 Å². The molecule has 0 spiro atoms. The van der Waals surface area contributed by atoms with E-state index in [1.165, 1.54) is 0 Å². The molecule has 0 atom stereocenters. The first-order valence-electron chi connectivity index (χ1n) is 18.0. The maximum Gasteiger partial charge on any atom is 0.170 e. The Morgan fingerprint density at radius 3 is 1.56 bits per heavy atom. The lowest BCUT2D eigenvalue weighted by Gasteiger charge is -2.34. The van der Waals surface area contributed by atoms with E-state index in [0.29, 0.717) is 27.3 Å². The molecule has 4 N–H and O–H groups in total. The van der Waals surface area contributed by atoms with Crippen molar-refractivity contribution in [3.63, 3.8) is 0 Å². The minimum Gasteiger partial charge on any atom is -0.360 e. The van der Waals surface area contributed by atoms with Crippen molar-refractivity contribution in [3.05, 3.63) is 117 Å². The van der Waals surface area contributed by atoms with Crippen LogP contribution in [0.1, 0.15) is 25.7 Å². The second-order valence-electron chi connectivity index (χ2n) is 13.4. The van der Waals surface area contributed by atoms with Crippen LogP contribution < -0.4 is 31.1 Å². The van der Waals surface area contributed by atoms with E-state index in [1.807, 2.05) is 72.9 Å². The highest BCUT2D eigenvalue weighted by Gasteiger charge is 2.24. The van der Waals surface area contributed by atoms with Crippen LogP contribution in [0.2, 0.25) is 5.02 Å². The van der Waals surface area contributed by atoms with Crippen molar-refractivity contribution in [1.82, 2.24) is 31.0 Å². The maximum absolute atomic E-state index is 6.02. The lowest BCUT2D eigenvalue weighted by Crippen LogP contribution is -2.46. The van der Waals surface area contributed by atoms with Gasteiger partial charge in [-0.15, -0.1) is 10.2 Å². The van der Waals surface area contributed by atoms with E-state index in [4.69, 9.17) is 36.0 Å². The van der Waals surface area contributed by atoms with Crippen molar-refractivity contribution < 1.29 is 0 Å². The van der Waals surface area contributed by atoms with Crippen molar-refractivity contribution in [1.29, 1.82) is 0 Å². The average molecular weight is 919 g/mol. The van der Waals surface area contributed by atoms with Gasteiger partial charge in [0.15, 0.2) is 21.9 Å². The lowest BCUT2D eigenvalue weighted by atomic mass is 10.0. The number of fused-ring (bicyclic) bond motifs is 2. The molecule has 0 saturated carbocycles. The second-order valence-corrected chi connectivity index (χ2v) is 16.5. The van der Waals surface area contributed by atoms with Gasteiger partial charge in [0.05, 0.1) is 12.4 Å². The number of nitrogens with one attached hydrogen (secondary N) is 4. The molecule has 2 fully saturated rings. The summed E-state index contributed by atoms with van der Waals surface area (Å²) >= 11 is 24.0. The zero-order chi connectivity index (χ0) is 38.1. The number of para-hydroxylation sites is 1. The molecule has 2 aromatic heterocycles. The summed E-state index contributed by atoms with van der Waals surface area (Å²) in [4.78, 5) is 4.61. The zero-order valence-corrected chi connectivity index (χ0v) is 35.3. The van der Waals surface area contributed by atoms with E-state index in [0.717, 1.165) is 105 Å². The highest BCUT2D eigenvalue weighted by atomic mass is 79.9. The fourth-order valence-corrected chi connectivity index (χ4v) is 8.28. The Kier molecular flexibility index (Phi) is 13.2. The number of nitrogens with zero attached hydrogens (tertiary/aromatic N) is 6. The SMILES string of the molecule is S=C(Nc1cccc(Cl)c1)NC1CCN(c2nncc3ccc(Br)cc23)CC1.S=C(Nc1ccccc1)NC1CCN(c2nncc3ccc(Br)cc23)CC1. The number of thiocarbonyl (C=S) groups is 2. The van der Waals surface area contributed by atoms with Gasteiger partial charge < -0.3 is 31.1 Å². The van der Waals surface area contributed by atoms with E-state index >= 15 is 0 Å². The average Bonchev–Trinajstić information content (AvgIpc) is 3.19. The van der Waals surface area contributed by atoms with Crippen LogP contribution in [0.15, 0.2) is 112 Å². The van der Waals surface area contributed by atoms with Crippen molar-refractivity contribution >= 4 is 123 Å². The van der Waals surface area contributed by atoms with Gasteiger partial charge in [0.25, 0.3) is 0 Å². The second kappa shape index (κ2) is 18.6. The minimum atomic E-state index is 0.324. The topological polar surface area (TPSA) is 106 Å². The number of hydrogen-bond acceptors (Lipinski definition) is 8. The van der Waals surface area contributed by atoms with Gasteiger partial charge in [0, 0.05) is 85.2 Å². The summed E-state index contributed by atoms with van der Waals surface area (Å²) in [5, 5.41) is 36.9. The van der Waals surface area contributed by atoms with E-state index in [-0.39, 0.29) is 0 Å². The molecule has 2 aliphatic heterocycles. The molecular formula is C40H39Br2ClN10S2. The third-order valence-corrected chi connectivity index (χ3v) is 11.2. The van der Waals surface area contributed by atoms with Crippen LogP contribution in [0.25, 0.3) is 21.5 Å². The summed E-state index contributed by atoms with van der Waals surface area (Å²) in [6, 6.07) is 30.6. The van der Waals surface area contributed by atoms with Gasteiger partial charge in [-0.2, -0.15) is 10.2 Å². The quantitative estimate of drug-likeness (QED) is 0.120. The maximum atomic E-state index is 6.02. The Labute approximate surface area is 353 Å². The summed E-state index contributed by atoms with van der Waals surface area (Å²) in [5.41, 5.74) is 1.89. The van der Waals surface area contributed by atoms with Crippen LogP contribution in [0.3, 0.4) is 0 Å². The Bertz CT molecular complexity index is 2270. The predicted molar refractivity (Wildman–Crippen MR) is 242 cm³/mol. The van der Waals surface area contributed by atoms with Crippen molar-refractivity contribution in [2.75, 3.05) is 46.6 Å². The molecule has 4 aromatic carbocycles. The summed E-state index contributed by atoms with van der Waals surface area (Å²) in [6.45, 7) is 3.65. The third-order valence-electron chi connectivity index (χ3n) is 9.58. The van der Waals surface area contributed by atoms with Crippen molar-refractivity contribution in [2.45, 2.75) is 37.8 Å². The van der Waals surface area contributed by atoms with Gasteiger partial charge in [0.2, 0.25) is 0 Å². The van der Waals surface area contributed by atoms with Crippen molar-refractivity contribution in [3.8, 4) is 0 Å². The number of rotatable bonds is 6. The Morgan fingerprint density at radius 2 is 1.07 bits per heavy atom. The van der Waals surface area contributed by atoms with Crippen molar-refractivity contribution in [2.24, 2.45) is 0 Å². The van der Waals surface area contributed by atoms with E-state index in [1.54, 1.807) is 6.20 Å². The lowest BCUT2D eigenvalue weighted by molar-refractivity contribution is 0.466. The largest absolute Gasteiger partial charge is 0.360 e. The van der Waals surface area contributed by atoms with Crippen LogP contribution in [0, 0.1) is 0 Å². The number of benzene rings is 4. The number of anilines is 4. The molecule has 15 heteroatoms. The van der Waals surface area contributed by atoms with Crippen LogP contribution >= 0.6 is 67.9 Å². The summed E-state index contributed by atoms with van der Waals surface area (Å²) in [5.74, 6) is 1.90. The fraction of sp³-hybridized carbons (Fsp3) is 0.250. The van der Waals surface area contributed by atoms with Gasteiger partial charge in [0.1, 0.15) is 0 Å². The number of hydrogen-bond donors (Lipinski definition) is 4. The fourth-order valence-electron chi connectivity index (χ4n) is 6.80. The highest BCUT2D eigenvalue weighted by molar-refractivity contribution is 9.10. The Balaban J connectivity index is 0.000000169. The molecule has 10 nitrogen and oxygen atoms in total. The first-order valence-corrected chi connectivity index (χ1v) is 20.8. The van der Waals surface area contributed by atoms with Gasteiger partial charge in [-0.05, 0) is 105 Å². The van der Waals surface area contributed by atoms with Gasteiger partial charge >= 0.3 is 0 Å². The molecule has 282 valence electrons. The van der Waals surface area contributed by atoms with E-state index in [9.17, 15) is 0 Å².